The first-order valence-electron chi connectivity index (χ1n) is 2.74. The van der Waals surface area contributed by atoms with Crippen LogP contribution >= 0.6 is 0 Å². The molecule has 0 bridgehead atoms. The highest BCUT2D eigenvalue weighted by Crippen LogP contribution is 2.02. The molecule has 0 rings (SSSR count). The van der Waals surface area contributed by atoms with Crippen LogP contribution in [0.15, 0.2) is 0 Å². The molecule has 0 spiro atoms. The Kier molecular flexibility index (Phi) is 2.47. The van der Waals surface area contributed by atoms with Crippen LogP contribution in [0.2, 0.25) is 0 Å². The quantitative estimate of drug-likeness (QED) is 0.581. The van der Waals surface area contributed by atoms with Crippen molar-refractivity contribution in [3.05, 3.63) is 0 Å². The zero-order valence-electron chi connectivity index (χ0n) is 5.69. The van der Waals surface area contributed by atoms with Gasteiger partial charge in [-0.3, -0.25) is 9.56 Å². The number of nitrogens with one attached hydrogen (secondary N) is 2. The first-order valence-corrected chi connectivity index (χ1v) is 4.85. The van der Waals surface area contributed by atoms with Gasteiger partial charge in [0.05, 0.1) is 0 Å². The Labute approximate surface area is 51.7 Å². The third-order valence-corrected chi connectivity index (χ3v) is 3.32. The zero-order chi connectivity index (χ0) is 6.78. The highest BCUT2D eigenvalue weighted by molar-refractivity contribution is 7.93. The molecule has 0 saturated heterocycles. The highest BCUT2D eigenvalue weighted by atomic mass is 32.2. The molecule has 50 valence electrons. The molecule has 1 atom stereocenters. The topological polar surface area (TPSA) is 47.7 Å². The van der Waals surface area contributed by atoms with Crippen LogP contribution in [0, 0.1) is 9.56 Å². The molecule has 2 nitrogen and oxygen atoms in total. The van der Waals surface area contributed by atoms with Gasteiger partial charge in [-0.15, -0.1) is 0 Å². The summed E-state index contributed by atoms with van der Waals surface area (Å²) in [4.78, 5) is 0. The minimum absolute atomic E-state index is 0.266. The van der Waals surface area contributed by atoms with Crippen molar-refractivity contribution < 1.29 is 0 Å². The maximum absolute atomic E-state index is 7.29. The van der Waals surface area contributed by atoms with Crippen molar-refractivity contribution in [2.45, 2.75) is 25.5 Å². The Morgan fingerprint density at radius 2 is 1.88 bits per heavy atom. The summed E-state index contributed by atoms with van der Waals surface area (Å²) in [5.41, 5.74) is 0. The predicted molar refractivity (Wildman–Crippen MR) is 38.5 cm³/mol. The van der Waals surface area contributed by atoms with Crippen LogP contribution < -0.4 is 0 Å². The van der Waals surface area contributed by atoms with Crippen molar-refractivity contribution in [2.24, 2.45) is 0 Å². The first kappa shape index (κ1) is 7.95. The second-order valence-electron chi connectivity index (χ2n) is 2.20. The fraction of sp³-hybridized carbons (Fsp3) is 1.00. The zero-order valence-corrected chi connectivity index (χ0v) is 6.51. The second-order valence-corrected chi connectivity index (χ2v) is 4.97. The molecule has 0 aromatic heterocycles. The van der Waals surface area contributed by atoms with Gasteiger partial charge in [-0.05, 0) is 6.42 Å². The van der Waals surface area contributed by atoms with E-state index in [2.05, 4.69) is 0 Å². The maximum atomic E-state index is 7.29. The van der Waals surface area contributed by atoms with E-state index in [0.29, 0.717) is 0 Å². The molecule has 8 heavy (non-hydrogen) atoms. The van der Waals surface area contributed by atoms with Crippen molar-refractivity contribution in [3.63, 3.8) is 0 Å². The summed E-state index contributed by atoms with van der Waals surface area (Å²) < 4.78 is 14.6. The van der Waals surface area contributed by atoms with Gasteiger partial charge in [-0.25, -0.2) is 0 Å². The molecule has 2 N–H and O–H groups in total. The largest absolute Gasteiger partial charge is 0.270 e. The Balaban J connectivity index is 4.04. The third kappa shape index (κ3) is 2.31. The smallest absolute Gasteiger partial charge is 0.0210 e. The van der Waals surface area contributed by atoms with Gasteiger partial charge in [0.25, 0.3) is 0 Å². The average molecular weight is 134 g/mol. The van der Waals surface area contributed by atoms with Gasteiger partial charge in [0.15, 0.2) is 0 Å². The summed E-state index contributed by atoms with van der Waals surface area (Å²) in [5.74, 6) is 0. The van der Waals surface area contributed by atoms with Crippen LogP contribution in [0.25, 0.3) is 0 Å². The lowest BCUT2D eigenvalue weighted by molar-refractivity contribution is 0.893. The Morgan fingerprint density at radius 1 is 1.50 bits per heavy atom. The lowest BCUT2D eigenvalue weighted by Crippen LogP contribution is -2.10. The van der Waals surface area contributed by atoms with Crippen molar-refractivity contribution in [1.82, 2.24) is 0 Å². The molecule has 0 fully saturated rings. The fourth-order valence-corrected chi connectivity index (χ4v) is 1.000. The summed E-state index contributed by atoms with van der Waals surface area (Å²) in [6.07, 6.45) is 2.67. The molecule has 0 aliphatic rings. The molecule has 0 aliphatic carbocycles. The molecule has 3 heteroatoms. The molecule has 0 radical (unpaired) electrons. The Hall–Kier alpha value is -0.0500. The standard InChI is InChI=1S/C5H14N2S/c1-4-5(2)8(3,6)7/h5-7H,4H2,1-3H3/t5-/m1/s1. The van der Waals surface area contributed by atoms with Crippen molar-refractivity contribution in [3.8, 4) is 0 Å². The van der Waals surface area contributed by atoms with Crippen LogP contribution in [0.1, 0.15) is 20.3 Å². The lowest BCUT2D eigenvalue weighted by Gasteiger charge is -2.10. The molecule has 0 unspecified atom stereocenters. The molecular formula is C5H14N2S. The van der Waals surface area contributed by atoms with E-state index in [1.165, 1.54) is 0 Å². The Morgan fingerprint density at radius 3 is 1.88 bits per heavy atom. The van der Waals surface area contributed by atoms with Gasteiger partial charge >= 0.3 is 0 Å². The molecule has 0 aromatic carbocycles. The molecule has 0 heterocycles. The van der Waals surface area contributed by atoms with Crippen LogP contribution in [0.3, 0.4) is 0 Å². The van der Waals surface area contributed by atoms with Gasteiger partial charge < -0.3 is 0 Å². The average Bonchev–Trinajstić information content (AvgIpc) is 1.62. The van der Waals surface area contributed by atoms with E-state index >= 15 is 0 Å². The minimum atomic E-state index is -1.75. The van der Waals surface area contributed by atoms with E-state index in [-0.39, 0.29) is 5.25 Å². The second kappa shape index (κ2) is 2.49. The van der Waals surface area contributed by atoms with E-state index in [1.54, 1.807) is 6.26 Å². The van der Waals surface area contributed by atoms with E-state index in [9.17, 15) is 0 Å². The SMILES string of the molecule is CC[C@@H](C)S(C)(=N)=N. The monoisotopic (exact) mass is 134 g/mol. The van der Waals surface area contributed by atoms with Crippen LogP contribution in [-0.4, -0.2) is 11.5 Å². The lowest BCUT2D eigenvalue weighted by atomic mass is 10.4. The van der Waals surface area contributed by atoms with Crippen LogP contribution in [0.4, 0.5) is 0 Å². The molecule has 0 aromatic rings. The van der Waals surface area contributed by atoms with Gasteiger partial charge in [0.1, 0.15) is 0 Å². The van der Waals surface area contributed by atoms with E-state index in [0.717, 1.165) is 6.42 Å². The highest BCUT2D eigenvalue weighted by Gasteiger charge is 2.02. The summed E-state index contributed by atoms with van der Waals surface area (Å²) in [6.45, 7) is 3.99. The first-order chi connectivity index (χ1) is 3.48. The maximum Gasteiger partial charge on any atom is 0.0210 e. The molecule has 0 saturated carbocycles. The van der Waals surface area contributed by atoms with Crippen LogP contribution in [-0.2, 0) is 9.62 Å². The molecular weight excluding hydrogens is 120 g/mol. The van der Waals surface area contributed by atoms with Gasteiger partial charge in [-0.1, -0.05) is 23.5 Å². The van der Waals surface area contributed by atoms with Crippen molar-refractivity contribution in [2.75, 3.05) is 6.26 Å². The van der Waals surface area contributed by atoms with Crippen molar-refractivity contribution >= 4 is 9.62 Å². The fourth-order valence-electron chi connectivity index (χ4n) is 0.333. The predicted octanol–water partition coefficient (Wildman–Crippen LogP) is 2.09. The van der Waals surface area contributed by atoms with Gasteiger partial charge in [0, 0.05) is 11.5 Å². The van der Waals surface area contributed by atoms with Gasteiger partial charge in [0.2, 0.25) is 0 Å². The summed E-state index contributed by atoms with van der Waals surface area (Å²) in [5, 5.41) is 0.266. The molecule has 0 aliphatic heterocycles. The minimum Gasteiger partial charge on any atom is -0.270 e. The number of rotatable bonds is 2. The number of hydrogen-bond donors (Lipinski definition) is 2. The summed E-state index contributed by atoms with van der Waals surface area (Å²) in [7, 11) is -1.75. The third-order valence-electron chi connectivity index (χ3n) is 1.38. The number of hydrogen-bond acceptors (Lipinski definition) is 2. The normalized spacial score (nSPS) is 15.9. The van der Waals surface area contributed by atoms with E-state index in [4.69, 9.17) is 9.56 Å². The van der Waals surface area contributed by atoms with Crippen molar-refractivity contribution in [1.29, 1.82) is 9.56 Å². The van der Waals surface area contributed by atoms with E-state index < -0.39 is 9.62 Å². The summed E-state index contributed by atoms with van der Waals surface area (Å²) >= 11 is 0. The Bertz CT molecular complexity index is 146. The van der Waals surface area contributed by atoms with Gasteiger partial charge in [-0.2, -0.15) is 0 Å². The molecule has 0 amide bonds. The van der Waals surface area contributed by atoms with E-state index in [1.807, 2.05) is 13.8 Å². The van der Waals surface area contributed by atoms with Crippen LogP contribution in [0.5, 0.6) is 0 Å². The summed E-state index contributed by atoms with van der Waals surface area (Å²) in [6, 6.07) is 0.